The molecule has 0 aliphatic carbocycles. The quantitative estimate of drug-likeness (QED) is 0.857. The summed E-state index contributed by atoms with van der Waals surface area (Å²) < 4.78 is 5.88. The zero-order valence-electron chi connectivity index (χ0n) is 15.5. The minimum absolute atomic E-state index is 0.105. The Morgan fingerprint density at radius 1 is 1.18 bits per heavy atom. The number of aromatic nitrogens is 1. The molecule has 3 fully saturated rings. The lowest BCUT2D eigenvalue weighted by Crippen LogP contribution is -2.53. The highest BCUT2D eigenvalue weighted by Gasteiger charge is 2.37. The Labute approximate surface area is 163 Å². The van der Waals surface area contributed by atoms with Gasteiger partial charge in [-0.05, 0) is 61.7 Å². The molecule has 0 unspecified atom stereocenters. The van der Waals surface area contributed by atoms with Crippen LogP contribution in [0.1, 0.15) is 28.8 Å². The number of hydrogen-bond acceptors (Lipinski definition) is 5. The van der Waals surface area contributed by atoms with Crippen molar-refractivity contribution in [3.8, 4) is 0 Å². The molecule has 0 spiro atoms. The number of fused-ring (bicyclic) bond motifs is 3. The summed E-state index contributed by atoms with van der Waals surface area (Å²) in [6.07, 6.45) is 3.19. The molecule has 1 amide bonds. The molecule has 1 aromatic carbocycles. The number of pyridine rings is 1. The Morgan fingerprint density at radius 3 is 2.64 bits per heavy atom. The van der Waals surface area contributed by atoms with Gasteiger partial charge in [0.15, 0.2) is 0 Å². The second-order valence-corrected chi connectivity index (χ2v) is 7.34. The summed E-state index contributed by atoms with van der Waals surface area (Å²) in [4.78, 5) is 32.4. The smallest absolute Gasteiger partial charge is 0.416 e. The van der Waals surface area contributed by atoms with Gasteiger partial charge in [-0.1, -0.05) is 18.2 Å². The number of hydrogen-bond donors (Lipinski definition) is 1. The van der Waals surface area contributed by atoms with Gasteiger partial charge in [-0.2, -0.15) is 0 Å². The first kappa shape index (κ1) is 18.4. The number of piperidine rings is 3. The van der Waals surface area contributed by atoms with Crippen molar-refractivity contribution >= 4 is 17.9 Å². The molecule has 7 heteroatoms. The first-order valence-corrected chi connectivity index (χ1v) is 9.54. The van der Waals surface area contributed by atoms with Crippen LogP contribution in [-0.2, 0) is 11.3 Å². The molecule has 1 aromatic heterocycles. The maximum atomic E-state index is 13.0. The number of carbonyl (C=O) groups excluding carboxylic acids is 1. The number of carboxylic acid groups (broad SMARTS) is 1. The van der Waals surface area contributed by atoms with Gasteiger partial charge >= 0.3 is 12.1 Å². The average molecular weight is 381 g/mol. The number of nitrogens with zero attached hydrogens (tertiary/aromatic N) is 3. The van der Waals surface area contributed by atoms with Crippen molar-refractivity contribution in [3.63, 3.8) is 0 Å². The van der Waals surface area contributed by atoms with E-state index in [1.165, 1.54) is 11.0 Å². The van der Waals surface area contributed by atoms with Crippen LogP contribution in [0.4, 0.5) is 10.6 Å². The van der Waals surface area contributed by atoms with Crippen molar-refractivity contribution in [1.29, 1.82) is 0 Å². The van der Waals surface area contributed by atoms with E-state index in [1.807, 2.05) is 6.07 Å². The van der Waals surface area contributed by atoms with Crippen LogP contribution in [0.5, 0.6) is 0 Å². The van der Waals surface area contributed by atoms with Crippen LogP contribution >= 0.6 is 0 Å². The van der Waals surface area contributed by atoms with E-state index in [9.17, 15) is 14.7 Å². The Bertz CT molecular complexity index is 850. The second kappa shape index (κ2) is 7.98. The van der Waals surface area contributed by atoms with Gasteiger partial charge in [0.25, 0.3) is 0 Å². The lowest BCUT2D eigenvalue weighted by molar-refractivity contribution is -0.0311. The van der Waals surface area contributed by atoms with E-state index < -0.39 is 12.1 Å². The minimum Gasteiger partial charge on any atom is -0.478 e. The summed E-state index contributed by atoms with van der Waals surface area (Å²) in [7, 11) is 0. The summed E-state index contributed by atoms with van der Waals surface area (Å²) in [5.74, 6) is -0.106. The highest BCUT2D eigenvalue weighted by Crippen LogP contribution is 2.30. The molecular formula is C21H23N3O4. The number of carboxylic acids is 1. The summed E-state index contributed by atoms with van der Waals surface area (Å²) >= 11 is 0. The fourth-order valence-electron chi connectivity index (χ4n) is 3.98. The molecule has 2 aromatic rings. The van der Waals surface area contributed by atoms with Crippen LogP contribution in [0.25, 0.3) is 0 Å². The predicted octanol–water partition coefficient (Wildman–Crippen LogP) is 3.02. The first-order chi connectivity index (χ1) is 13.6. The van der Waals surface area contributed by atoms with Crippen LogP contribution in [0.2, 0.25) is 0 Å². The molecule has 3 aliphatic rings. The molecule has 146 valence electrons. The zero-order chi connectivity index (χ0) is 19.5. The molecule has 1 N–H and O–H groups in total. The van der Waals surface area contributed by atoms with Crippen molar-refractivity contribution in [3.05, 3.63) is 59.8 Å². The van der Waals surface area contributed by atoms with E-state index in [4.69, 9.17) is 4.74 Å². The summed E-state index contributed by atoms with van der Waals surface area (Å²) in [5, 5.41) is 9.22. The Balaban J connectivity index is 1.54. The molecule has 0 saturated carbocycles. The highest BCUT2D eigenvalue weighted by molar-refractivity contribution is 5.88. The van der Waals surface area contributed by atoms with Gasteiger partial charge in [-0.25, -0.2) is 14.6 Å². The lowest BCUT2D eigenvalue weighted by atomic mass is 9.86. The van der Waals surface area contributed by atoms with E-state index in [1.54, 1.807) is 36.5 Å². The largest absolute Gasteiger partial charge is 0.478 e. The van der Waals surface area contributed by atoms with Gasteiger partial charge < -0.3 is 9.84 Å². The van der Waals surface area contributed by atoms with Crippen molar-refractivity contribution < 1.29 is 19.4 Å². The maximum Gasteiger partial charge on any atom is 0.416 e. The Morgan fingerprint density at radius 2 is 2.00 bits per heavy atom. The van der Waals surface area contributed by atoms with Crippen molar-refractivity contribution in [1.82, 2.24) is 9.88 Å². The Kier molecular flexibility index (Phi) is 5.25. The number of amides is 1. The average Bonchev–Trinajstić information content (AvgIpc) is 2.73. The van der Waals surface area contributed by atoms with Gasteiger partial charge in [-0.3, -0.25) is 9.80 Å². The van der Waals surface area contributed by atoms with Crippen molar-refractivity contribution in [2.24, 2.45) is 5.92 Å². The molecule has 2 bridgehead atoms. The monoisotopic (exact) mass is 381 g/mol. The topological polar surface area (TPSA) is 83.0 Å². The third kappa shape index (κ3) is 3.99. The van der Waals surface area contributed by atoms with E-state index in [-0.39, 0.29) is 18.2 Å². The molecule has 4 heterocycles. The number of aromatic carboxylic acids is 1. The molecule has 5 rings (SSSR count). The van der Waals surface area contributed by atoms with E-state index in [0.29, 0.717) is 17.3 Å². The molecule has 3 aliphatic heterocycles. The third-order valence-corrected chi connectivity index (χ3v) is 5.51. The summed E-state index contributed by atoms with van der Waals surface area (Å²) in [6, 6.07) is 11.9. The van der Waals surface area contributed by atoms with Gasteiger partial charge in [0, 0.05) is 12.7 Å². The predicted molar refractivity (Wildman–Crippen MR) is 103 cm³/mol. The van der Waals surface area contributed by atoms with E-state index in [2.05, 4.69) is 9.88 Å². The number of benzene rings is 1. The molecular weight excluding hydrogens is 358 g/mol. The highest BCUT2D eigenvalue weighted by atomic mass is 16.6. The summed E-state index contributed by atoms with van der Waals surface area (Å²) in [6.45, 7) is 3.12. The third-order valence-electron chi connectivity index (χ3n) is 5.51. The second-order valence-electron chi connectivity index (χ2n) is 7.34. The summed E-state index contributed by atoms with van der Waals surface area (Å²) in [5.41, 5.74) is 0.889. The fraction of sp³-hybridized carbons (Fsp3) is 0.381. The molecule has 3 saturated heterocycles. The van der Waals surface area contributed by atoms with Crippen LogP contribution in [0.15, 0.2) is 48.7 Å². The van der Waals surface area contributed by atoms with Crippen LogP contribution in [0, 0.1) is 5.92 Å². The fourth-order valence-corrected chi connectivity index (χ4v) is 3.98. The number of carbonyl (C=O) groups is 2. The normalized spacial score (nSPS) is 23.2. The zero-order valence-corrected chi connectivity index (χ0v) is 15.5. The first-order valence-electron chi connectivity index (χ1n) is 9.54. The molecule has 28 heavy (non-hydrogen) atoms. The van der Waals surface area contributed by atoms with Crippen molar-refractivity contribution in [2.45, 2.75) is 25.5 Å². The van der Waals surface area contributed by atoms with Gasteiger partial charge in [0.1, 0.15) is 11.9 Å². The Hall–Kier alpha value is -2.93. The van der Waals surface area contributed by atoms with Crippen LogP contribution < -0.4 is 4.90 Å². The number of ether oxygens (including phenoxy) is 1. The van der Waals surface area contributed by atoms with Crippen LogP contribution in [0.3, 0.4) is 0 Å². The minimum atomic E-state index is -0.999. The maximum absolute atomic E-state index is 13.0. The lowest BCUT2D eigenvalue weighted by Gasteiger charge is -2.44. The van der Waals surface area contributed by atoms with Gasteiger partial charge in [-0.15, -0.1) is 0 Å². The standard InChI is InChI=1S/C21H23N3O4/c25-20(26)17-5-3-4-15(12-17)13-24(19-6-1-2-9-22-19)21(27)28-18-14-23-10-7-16(18)8-11-23/h1-6,9,12,16,18H,7-8,10-11,13-14H2,(H,25,26)/t18-/m0/s1. The number of anilines is 1. The van der Waals surface area contributed by atoms with E-state index >= 15 is 0 Å². The van der Waals surface area contributed by atoms with Gasteiger partial charge in [0.05, 0.1) is 12.1 Å². The molecule has 7 nitrogen and oxygen atoms in total. The van der Waals surface area contributed by atoms with Crippen molar-refractivity contribution in [2.75, 3.05) is 24.5 Å². The SMILES string of the molecule is O=C(O)c1cccc(CN(C(=O)O[C@H]2CN3CCC2CC3)c2ccccn2)c1. The van der Waals surface area contributed by atoms with E-state index in [0.717, 1.165) is 32.5 Å². The van der Waals surface area contributed by atoms with Gasteiger partial charge in [0.2, 0.25) is 0 Å². The number of rotatable bonds is 5. The molecule has 1 atom stereocenters. The van der Waals surface area contributed by atoms with Crippen LogP contribution in [-0.4, -0.2) is 52.8 Å². The molecule has 0 radical (unpaired) electrons.